The molecule has 4 heteroatoms. The molecule has 13 heavy (non-hydrogen) atoms. The van der Waals surface area contributed by atoms with Crippen LogP contribution in [0.25, 0.3) is 0 Å². The van der Waals surface area contributed by atoms with Gasteiger partial charge in [-0.3, -0.25) is 4.98 Å². The quantitative estimate of drug-likeness (QED) is 0.881. The number of hydrogen-bond acceptors (Lipinski definition) is 3. The minimum Gasteiger partial charge on any atom is -0.489 e. The molecule has 1 heterocycles. The molecule has 0 unspecified atom stereocenters. The lowest BCUT2D eigenvalue weighted by molar-refractivity contribution is 0.301. The second-order valence-electron chi connectivity index (χ2n) is 3.12. The minimum absolute atomic E-state index is 0.414. The van der Waals surface area contributed by atoms with Crippen molar-refractivity contribution in [2.24, 2.45) is 5.73 Å². The number of rotatable bonds is 3. The summed E-state index contributed by atoms with van der Waals surface area (Å²) in [6.45, 7) is 0.449. The highest BCUT2D eigenvalue weighted by atomic mass is 79.9. The Morgan fingerprint density at radius 2 is 2.38 bits per heavy atom. The first-order valence-electron chi connectivity index (χ1n) is 4.30. The highest BCUT2D eigenvalue weighted by molar-refractivity contribution is 9.10. The molecule has 3 nitrogen and oxygen atoms in total. The zero-order chi connectivity index (χ0) is 9.26. The van der Waals surface area contributed by atoms with Crippen LogP contribution in [-0.2, 0) is 6.54 Å². The average Bonchev–Trinajstić information content (AvgIpc) is 2.89. The maximum Gasteiger partial charge on any atom is 0.139 e. The molecule has 0 radical (unpaired) electrons. The van der Waals surface area contributed by atoms with Crippen LogP contribution < -0.4 is 10.5 Å². The number of halogens is 1. The summed E-state index contributed by atoms with van der Waals surface area (Å²) in [6, 6.07) is 1.92. The summed E-state index contributed by atoms with van der Waals surface area (Å²) in [5.41, 5.74) is 6.35. The van der Waals surface area contributed by atoms with E-state index in [1.165, 1.54) is 0 Å². The normalized spacial score (nSPS) is 15.8. The molecular weight excluding hydrogens is 232 g/mol. The van der Waals surface area contributed by atoms with E-state index in [4.69, 9.17) is 10.5 Å². The summed E-state index contributed by atoms with van der Waals surface area (Å²) in [5.74, 6) is 0.826. The Labute approximate surface area is 85.4 Å². The molecule has 2 rings (SSSR count). The zero-order valence-corrected chi connectivity index (χ0v) is 8.75. The Morgan fingerprint density at radius 1 is 1.62 bits per heavy atom. The van der Waals surface area contributed by atoms with Gasteiger partial charge in [0.25, 0.3) is 0 Å². The van der Waals surface area contributed by atoms with Crippen molar-refractivity contribution in [2.45, 2.75) is 25.5 Å². The molecule has 1 saturated carbocycles. The zero-order valence-electron chi connectivity index (χ0n) is 7.16. The molecule has 1 fully saturated rings. The maximum absolute atomic E-state index is 5.57. The van der Waals surface area contributed by atoms with Gasteiger partial charge in [-0.1, -0.05) is 0 Å². The third-order valence-electron chi connectivity index (χ3n) is 1.91. The second-order valence-corrected chi connectivity index (χ2v) is 3.98. The van der Waals surface area contributed by atoms with E-state index >= 15 is 0 Å². The lowest BCUT2D eigenvalue weighted by Gasteiger charge is -2.05. The van der Waals surface area contributed by atoms with Crippen LogP contribution in [-0.4, -0.2) is 11.1 Å². The molecule has 0 aromatic carbocycles. The summed E-state index contributed by atoms with van der Waals surface area (Å²) in [5, 5.41) is 0. The van der Waals surface area contributed by atoms with E-state index in [-0.39, 0.29) is 0 Å². The molecule has 1 aliphatic carbocycles. The predicted octanol–water partition coefficient (Wildman–Crippen LogP) is 1.84. The van der Waals surface area contributed by atoms with Crippen LogP contribution in [0.1, 0.15) is 18.5 Å². The molecule has 70 valence electrons. The molecule has 2 N–H and O–H groups in total. The van der Waals surface area contributed by atoms with Crippen LogP contribution >= 0.6 is 15.9 Å². The number of aromatic nitrogens is 1. The summed E-state index contributed by atoms with van der Waals surface area (Å²) in [4.78, 5) is 4.18. The topological polar surface area (TPSA) is 48.1 Å². The molecule has 1 aliphatic rings. The summed E-state index contributed by atoms with van der Waals surface area (Å²) in [7, 11) is 0. The van der Waals surface area contributed by atoms with Crippen molar-refractivity contribution >= 4 is 15.9 Å². The molecule has 0 spiro atoms. The van der Waals surface area contributed by atoms with Crippen molar-refractivity contribution < 1.29 is 4.74 Å². The fourth-order valence-corrected chi connectivity index (χ4v) is 1.53. The van der Waals surface area contributed by atoms with Crippen molar-refractivity contribution in [1.82, 2.24) is 4.98 Å². The van der Waals surface area contributed by atoms with Crippen LogP contribution in [0.4, 0.5) is 0 Å². The van der Waals surface area contributed by atoms with Gasteiger partial charge in [0.15, 0.2) is 0 Å². The van der Waals surface area contributed by atoms with E-state index in [0.29, 0.717) is 12.6 Å². The van der Waals surface area contributed by atoms with E-state index in [1.807, 2.05) is 6.07 Å². The van der Waals surface area contributed by atoms with Crippen LogP contribution in [0.5, 0.6) is 5.75 Å². The smallest absolute Gasteiger partial charge is 0.139 e. The van der Waals surface area contributed by atoms with Gasteiger partial charge < -0.3 is 10.5 Å². The van der Waals surface area contributed by atoms with Crippen LogP contribution in [0.3, 0.4) is 0 Å². The SMILES string of the molecule is NCc1ncc(OC2CC2)cc1Br. The van der Waals surface area contributed by atoms with E-state index in [9.17, 15) is 0 Å². The van der Waals surface area contributed by atoms with Gasteiger partial charge in [-0.05, 0) is 34.8 Å². The van der Waals surface area contributed by atoms with E-state index in [0.717, 1.165) is 28.8 Å². The molecule has 0 aliphatic heterocycles. The lowest BCUT2D eigenvalue weighted by Crippen LogP contribution is -2.02. The molecule has 0 bridgehead atoms. The first-order valence-corrected chi connectivity index (χ1v) is 5.10. The molecule has 1 aromatic heterocycles. The molecule has 1 aromatic rings. The third kappa shape index (κ3) is 2.19. The maximum atomic E-state index is 5.57. The Balaban J connectivity index is 2.13. The Morgan fingerprint density at radius 3 is 2.92 bits per heavy atom. The number of ether oxygens (including phenoxy) is 1. The van der Waals surface area contributed by atoms with Crippen molar-refractivity contribution in [2.75, 3.05) is 0 Å². The van der Waals surface area contributed by atoms with E-state index in [2.05, 4.69) is 20.9 Å². The van der Waals surface area contributed by atoms with Crippen molar-refractivity contribution in [1.29, 1.82) is 0 Å². The molecular formula is C9H11BrN2O. The Bertz CT molecular complexity index is 312. The number of hydrogen-bond donors (Lipinski definition) is 1. The Kier molecular flexibility index (Phi) is 2.51. The van der Waals surface area contributed by atoms with Gasteiger partial charge >= 0.3 is 0 Å². The molecule has 0 atom stereocenters. The monoisotopic (exact) mass is 242 g/mol. The Hall–Kier alpha value is -0.610. The van der Waals surface area contributed by atoms with Crippen molar-refractivity contribution in [3.8, 4) is 5.75 Å². The molecule has 0 saturated heterocycles. The highest BCUT2D eigenvalue weighted by Gasteiger charge is 2.23. The van der Waals surface area contributed by atoms with Gasteiger partial charge in [0.05, 0.1) is 18.0 Å². The van der Waals surface area contributed by atoms with Gasteiger partial charge in [0.2, 0.25) is 0 Å². The number of pyridine rings is 1. The van der Waals surface area contributed by atoms with Gasteiger partial charge in [-0.25, -0.2) is 0 Å². The van der Waals surface area contributed by atoms with Gasteiger partial charge in [-0.15, -0.1) is 0 Å². The number of nitrogens with zero attached hydrogens (tertiary/aromatic N) is 1. The first-order chi connectivity index (χ1) is 6.29. The standard InChI is InChI=1S/C9H11BrN2O/c10-8-3-7(13-6-1-2-6)5-12-9(8)4-11/h3,5-6H,1-2,4,11H2. The van der Waals surface area contributed by atoms with E-state index < -0.39 is 0 Å². The lowest BCUT2D eigenvalue weighted by atomic mass is 10.3. The second kappa shape index (κ2) is 3.64. The van der Waals surface area contributed by atoms with Crippen molar-refractivity contribution in [3.05, 3.63) is 22.4 Å². The highest BCUT2D eigenvalue weighted by Crippen LogP contribution is 2.28. The number of nitrogens with two attached hydrogens (primary N) is 1. The fourth-order valence-electron chi connectivity index (χ4n) is 1.04. The average molecular weight is 243 g/mol. The fraction of sp³-hybridized carbons (Fsp3) is 0.444. The van der Waals surface area contributed by atoms with Gasteiger partial charge in [0.1, 0.15) is 5.75 Å². The largest absolute Gasteiger partial charge is 0.489 e. The van der Waals surface area contributed by atoms with Crippen LogP contribution in [0, 0.1) is 0 Å². The van der Waals surface area contributed by atoms with Gasteiger partial charge in [-0.2, -0.15) is 0 Å². The minimum atomic E-state index is 0.414. The molecule has 0 amide bonds. The summed E-state index contributed by atoms with van der Waals surface area (Å²) in [6.07, 6.45) is 4.47. The van der Waals surface area contributed by atoms with Gasteiger partial charge in [0, 0.05) is 11.0 Å². The van der Waals surface area contributed by atoms with Crippen molar-refractivity contribution in [3.63, 3.8) is 0 Å². The third-order valence-corrected chi connectivity index (χ3v) is 2.60. The first kappa shape index (κ1) is 8.97. The van der Waals surface area contributed by atoms with Crippen LogP contribution in [0.2, 0.25) is 0 Å². The van der Waals surface area contributed by atoms with Crippen LogP contribution in [0.15, 0.2) is 16.7 Å². The summed E-state index contributed by atoms with van der Waals surface area (Å²) < 4.78 is 6.50. The summed E-state index contributed by atoms with van der Waals surface area (Å²) >= 11 is 3.40. The predicted molar refractivity (Wildman–Crippen MR) is 53.5 cm³/mol. The van der Waals surface area contributed by atoms with E-state index in [1.54, 1.807) is 6.20 Å².